The minimum atomic E-state index is -0.267. The largest absolute Gasteiger partial charge is 0.419 e. The molecule has 2 atom stereocenters. The maximum atomic E-state index is 13.6. The van der Waals surface area contributed by atoms with Crippen molar-refractivity contribution in [3.8, 4) is 11.6 Å². The van der Waals surface area contributed by atoms with Gasteiger partial charge < -0.3 is 13.9 Å². The van der Waals surface area contributed by atoms with Gasteiger partial charge in [-0.2, -0.15) is 0 Å². The third-order valence-electron chi connectivity index (χ3n) is 6.59. The summed E-state index contributed by atoms with van der Waals surface area (Å²) in [5.41, 5.74) is 2.65. The van der Waals surface area contributed by atoms with Crippen molar-refractivity contribution in [3.63, 3.8) is 0 Å². The van der Waals surface area contributed by atoms with Crippen molar-refractivity contribution in [2.75, 3.05) is 6.54 Å². The van der Waals surface area contributed by atoms with Gasteiger partial charge in [0, 0.05) is 41.7 Å². The Hall–Kier alpha value is -3.59. The molecule has 0 spiro atoms. The van der Waals surface area contributed by atoms with Gasteiger partial charge in [-0.25, -0.2) is 4.98 Å². The lowest BCUT2D eigenvalue weighted by Crippen LogP contribution is -2.32. The Balaban J connectivity index is 1.44. The second-order valence-corrected chi connectivity index (χ2v) is 10.1. The number of rotatable bonds is 7. The van der Waals surface area contributed by atoms with Crippen LogP contribution in [-0.2, 0) is 13.0 Å². The van der Waals surface area contributed by atoms with Gasteiger partial charge in [-0.1, -0.05) is 37.3 Å². The fourth-order valence-corrected chi connectivity index (χ4v) is 5.72. The molecule has 9 heteroatoms. The van der Waals surface area contributed by atoms with Gasteiger partial charge >= 0.3 is 0 Å². The van der Waals surface area contributed by atoms with E-state index in [9.17, 15) is 9.59 Å². The topological polar surface area (TPSA) is 94.1 Å². The molecule has 1 amide bonds. The molecular weight excluding hydrogens is 474 g/mol. The molecule has 5 rings (SSSR count). The van der Waals surface area contributed by atoms with Crippen molar-refractivity contribution in [2.45, 2.75) is 58.5 Å². The first-order chi connectivity index (χ1) is 17.4. The molecular formula is C27H29N5O3S. The van der Waals surface area contributed by atoms with Crippen LogP contribution in [0.1, 0.15) is 71.2 Å². The van der Waals surface area contributed by atoms with E-state index in [1.54, 1.807) is 22.0 Å². The zero-order valence-corrected chi connectivity index (χ0v) is 21.5. The number of amides is 1. The Morgan fingerprint density at radius 2 is 2.03 bits per heavy atom. The molecule has 0 unspecified atom stereocenters. The first kappa shape index (κ1) is 24.1. The summed E-state index contributed by atoms with van der Waals surface area (Å²) in [6, 6.07) is 13.2. The fourth-order valence-electron chi connectivity index (χ4n) is 4.77. The zero-order chi connectivity index (χ0) is 25.2. The van der Waals surface area contributed by atoms with Crippen LogP contribution in [0.3, 0.4) is 0 Å². The Bertz CT molecular complexity index is 1420. The third kappa shape index (κ3) is 4.75. The number of pyridine rings is 1. The lowest BCUT2D eigenvalue weighted by atomic mass is 10.0. The normalized spacial score (nSPS) is 16.4. The van der Waals surface area contributed by atoms with Crippen LogP contribution in [0.5, 0.6) is 0 Å². The average Bonchev–Trinajstić information content (AvgIpc) is 3.64. The predicted octanol–water partition coefficient (Wildman–Crippen LogP) is 5.01. The number of aryl methyl sites for hydroxylation is 1. The van der Waals surface area contributed by atoms with Crippen LogP contribution >= 0.6 is 11.3 Å². The van der Waals surface area contributed by atoms with Crippen LogP contribution < -0.4 is 5.56 Å². The molecule has 0 bridgehead atoms. The Labute approximate surface area is 213 Å². The summed E-state index contributed by atoms with van der Waals surface area (Å²) in [5.74, 6) is 0.572. The first-order valence-corrected chi connectivity index (χ1v) is 13.2. The molecule has 1 aromatic carbocycles. The number of likely N-dealkylation sites (tertiary alicyclic amines) is 1. The van der Waals surface area contributed by atoms with Gasteiger partial charge in [0.2, 0.25) is 5.89 Å². The van der Waals surface area contributed by atoms with E-state index in [1.165, 1.54) is 11.6 Å². The number of aromatic nitrogens is 4. The van der Waals surface area contributed by atoms with Crippen LogP contribution in [0.2, 0.25) is 0 Å². The van der Waals surface area contributed by atoms with Gasteiger partial charge in [-0.3, -0.25) is 9.59 Å². The summed E-state index contributed by atoms with van der Waals surface area (Å²) in [4.78, 5) is 33.0. The molecule has 36 heavy (non-hydrogen) atoms. The quantitative estimate of drug-likeness (QED) is 0.352. The maximum absolute atomic E-state index is 13.6. The number of hydrogen-bond acceptors (Lipinski definition) is 7. The lowest BCUT2D eigenvalue weighted by Gasteiger charge is -2.23. The highest BCUT2D eigenvalue weighted by atomic mass is 32.1. The molecule has 1 fully saturated rings. The zero-order valence-electron chi connectivity index (χ0n) is 20.7. The Morgan fingerprint density at radius 3 is 2.75 bits per heavy atom. The van der Waals surface area contributed by atoms with Crippen LogP contribution in [0, 0.1) is 6.92 Å². The summed E-state index contributed by atoms with van der Waals surface area (Å²) < 4.78 is 7.60. The number of thiazole rings is 1. The van der Waals surface area contributed by atoms with Crippen molar-refractivity contribution in [1.82, 2.24) is 24.6 Å². The van der Waals surface area contributed by atoms with E-state index in [2.05, 4.69) is 27.3 Å². The molecule has 0 saturated carbocycles. The first-order valence-electron chi connectivity index (χ1n) is 12.3. The molecule has 1 aliphatic heterocycles. The van der Waals surface area contributed by atoms with Crippen molar-refractivity contribution in [2.24, 2.45) is 0 Å². The van der Waals surface area contributed by atoms with Crippen molar-refractivity contribution < 1.29 is 9.21 Å². The van der Waals surface area contributed by atoms with Gasteiger partial charge in [0.1, 0.15) is 10.7 Å². The average molecular weight is 504 g/mol. The molecule has 0 aliphatic carbocycles. The van der Waals surface area contributed by atoms with Gasteiger partial charge in [0.15, 0.2) is 0 Å². The van der Waals surface area contributed by atoms with Gasteiger partial charge in [-0.05, 0) is 44.7 Å². The standard InChI is InChI=1S/C27H29N5O3S/c1-4-31-22(25-30-29-24(35-25)17(2)13-19-9-6-5-7-10-19)14-20(15-23(31)33)27(34)32-12-8-11-21(32)26-28-18(3)16-36-26/h5-7,9-10,14-17,21H,4,8,11-13H2,1-3H3/t17-,21+/m0/s1. The van der Waals surface area contributed by atoms with E-state index < -0.39 is 0 Å². The van der Waals surface area contributed by atoms with E-state index in [4.69, 9.17) is 4.42 Å². The second kappa shape index (κ2) is 10.2. The lowest BCUT2D eigenvalue weighted by molar-refractivity contribution is 0.0735. The van der Waals surface area contributed by atoms with Gasteiger partial charge in [-0.15, -0.1) is 21.5 Å². The minimum Gasteiger partial charge on any atom is -0.419 e. The second-order valence-electron chi connectivity index (χ2n) is 9.23. The summed E-state index contributed by atoms with van der Waals surface area (Å²) in [7, 11) is 0. The smallest absolute Gasteiger partial charge is 0.264 e. The van der Waals surface area contributed by atoms with E-state index in [1.807, 2.05) is 49.3 Å². The van der Waals surface area contributed by atoms with Crippen molar-refractivity contribution in [1.29, 1.82) is 0 Å². The third-order valence-corrected chi connectivity index (χ3v) is 7.66. The number of hydrogen-bond donors (Lipinski definition) is 0. The van der Waals surface area contributed by atoms with E-state index in [-0.39, 0.29) is 29.3 Å². The summed E-state index contributed by atoms with van der Waals surface area (Å²) >= 11 is 1.57. The molecule has 3 aromatic heterocycles. The van der Waals surface area contributed by atoms with E-state index in [0.717, 1.165) is 30.0 Å². The molecule has 186 valence electrons. The van der Waals surface area contributed by atoms with E-state index >= 15 is 0 Å². The van der Waals surface area contributed by atoms with Crippen molar-refractivity contribution in [3.05, 3.63) is 85.9 Å². The summed E-state index contributed by atoms with van der Waals surface area (Å²) in [6.07, 6.45) is 2.53. The molecule has 8 nitrogen and oxygen atoms in total. The molecule has 1 saturated heterocycles. The van der Waals surface area contributed by atoms with Gasteiger partial charge in [0.05, 0.1) is 6.04 Å². The monoisotopic (exact) mass is 503 g/mol. The molecule has 0 radical (unpaired) electrons. The highest BCUT2D eigenvalue weighted by molar-refractivity contribution is 7.09. The Morgan fingerprint density at radius 1 is 1.22 bits per heavy atom. The molecule has 0 N–H and O–H groups in total. The molecule has 4 aromatic rings. The van der Waals surface area contributed by atoms with Crippen LogP contribution in [0.25, 0.3) is 11.6 Å². The van der Waals surface area contributed by atoms with E-state index in [0.29, 0.717) is 30.2 Å². The maximum Gasteiger partial charge on any atom is 0.264 e. The number of carbonyl (C=O) groups excluding carboxylic acids is 1. The highest BCUT2D eigenvalue weighted by Gasteiger charge is 2.33. The summed E-state index contributed by atoms with van der Waals surface area (Å²) in [6.45, 7) is 6.92. The fraction of sp³-hybridized carbons (Fsp3) is 0.370. The molecule has 4 heterocycles. The predicted molar refractivity (Wildman–Crippen MR) is 138 cm³/mol. The SMILES string of the molecule is CCn1c(-c2nnc([C@@H](C)Cc3ccccc3)o2)cc(C(=O)N2CCC[C@@H]2c2nc(C)cs2)cc1=O. The van der Waals surface area contributed by atoms with Crippen LogP contribution in [-0.4, -0.2) is 37.1 Å². The minimum absolute atomic E-state index is 0.00683. The number of benzene rings is 1. The number of nitrogens with zero attached hydrogens (tertiary/aromatic N) is 5. The Kier molecular flexibility index (Phi) is 6.82. The van der Waals surface area contributed by atoms with Crippen LogP contribution in [0.4, 0.5) is 0 Å². The highest BCUT2D eigenvalue weighted by Crippen LogP contribution is 2.35. The number of carbonyl (C=O) groups is 1. The van der Waals surface area contributed by atoms with Crippen molar-refractivity contribution >= 4 is 17.2 Å². The molecule has 1 aliphatic rings. The van der Waals surface area contributed by atoms with Gasteiger partial charge in [0.25, 0.3) is 17.4 Å². The van der Waals surface area contributed by atoms with Crippen LogP contribution in [0.15, 0.2) is 57.1 Å². The summed E-state index contributed by atoms with van der Waals surface area (Å²) in [5, 5.41) is 11.5.